The molecule has 6 heteroatoms. The van der Waals surface area contributed by atoms with Gasteiger partial charge >= 0.3 is 0 Å². The van der Waals surface area contributed by atoms with Crippen molar-refractivity contribution in [3.63, 3.8) is 0 Å². The molecule has 1 amide bonds. The minimum Gasteiger partial charge on any atom is -0.497 e. The predicted molar refractivity (Wildman–Crippen MR) is 133 cm³/mol. The van der Waals surface area contributed by atoms with Gasteiger partial charge in [-0.3, -0.25) is 4.79 Å². The molecule has 6 nitrogen and oxygen atoms in total. The van der Waals surface area contributed by atoms with Gasteiger partial charge in [0.25, 0.3) is 0 Å². The first-order chi connectivity index (χ1) is 16.6. The van der Waals surface area contributed by atoms with Crippen molar-refractivity contribution in [2.45, 2.75) is 19.4 Å². The molecule has 0 fully saturated rings. The van der Waals surface area contributed by atoms with Crippen LogP contribution in [0.25, 0.3) is 22.2 Å². The zero-order chi connectivity index (χ0) is 23.5. The molecule has 1 aliphatic rings. The summed E-state index contributed by atoms with van der Waals surface area (Å²) in [4.78, 5) is 18.4. The fourth-order valence-electron chi connectivity index (χ4n) is 4.43. The minimum atomic E-state index is 0.0980. The normalized spacial score (nSPS) is 12.5. The van der Waals surface area contributed by atoms with Crippen molar-refractivity contribution >= 4 is 16.8 Å². The number of hydrogen-bond acceptors (Lipinski definition) is 4. The highest BCUT2D eigenvalue weighted by Crippen LogP contribution is 2.33. The molecule has 0 spiro atoms. The molecule has 0 aliphatic carbocycles. The topological polar surface area (TPSA) is 63.8 Å². The number of hydrogen-bond donors (Lipinski definition) is 1. The number of aromatic nitrogens is 1. The number of amides is 1. The first-order valence-electron chi connectivity index (χ1n) is 11.5. The maximum Gasteiger partial charge on any atom is 0.222 e. The summed E-state index contributed by atoms with van der Waals surface area (Å²) >= 11 is 0. The Kier molecular flexibility index (Phi) is 6.12. The number of aryl methyl sites for hydroxylation is 1. The molecule has 0 atom stereocenters. The van der Waals surface area contributed by atoms with E-state index in [1.54, 1.807) is 12.0 Å². The maximum absolute atomic E-state index is 13.0. The van der Waals surface area contributed by atoms with Crippen LogP contribution in [0.3, 0.4) is 0 Å². The summed E-state index contributed by atoms with van der Waals surface area (Å²) in [5.74, 6) is 2.42. The largest absolute Gasteiger partial charge is 0.497 e. The SMILES string of the molecule is COc1ccc(-c2[nH]c3ccccc3c2CCC(=O)N(C)Cc2ccc3c(c2)OCCO3)cc1. The third-order valence-electron chi connectivity index (χ3n) is 6.23. The number of para-hydroxylation sites is 1. The number of H-pyrrole nitrogens is 1. The van der Waals surface area contributed by atoms with Crippen LogP contribution in [0, 0.1) is 0 Å². The highest BCUT2D eigenvalue weighted by Gasteiger charge is 2.17. The molecular formula is C28H28N2O4. The van der Waals surface area contributed by atoms with Crippen LogP contribution in [0.15, 0.2) is 66.7 Å². The second-order valence-corrected chi connectivity index (χ2v) is 8.48. The van der Waals surface area contributed by atoms with Crippen LogP contribution in [0.1, 0.15) is 17.5 Å². The van der Waals surface area contributed by atoms with Gasteiger partial charge in [-0.05, 0) is 65.6 Å². The maximum atomic E-state index is 13.0. The lowest BCUT2D eigenvalue weighted by atomic mass is 10.0. The second kappa shape index (κ2) is 9.51. The van der Waals surface area contributed by atoms with Crippen molar-refractivity contribution in [3.8, 4) is 28.5 Å². The number of methoxy groups -OCH3 is 1. The summed E-state index contributed by atoms with van der Waals surface area (Å²) in [6.45, 7) is 1.64. The molecule has 34 heavy (non-hydrogen) atoms. The first-order valence-corrected chi connectivity index (χ1v) is 11.5. The van der Waals surface area contributed by atoms with Gasteiger partial charge in [0.15, 0.2) is 11.5 Å². The molecule has 0 radical (unpaired) electrons. The number of benzene rings is 3. The Hall–Kier alpha value is -3.93. The molecule has 1 aliphatic heterocycles. The van der Waals surface area contributed by atoms with Crippen LogP contribution in [0.4, 0.5) is 0 Å². The van der Waals surface area contributed by atoms with Gasteiger partial charge in [0.1, 0.15) is 19.0 Å². The molecule has 5 rings (SSSR count). The van der Waals surface area contributed by atoms with E-state index in [1.807, 2.05) is 61.6 Å². The van der Waals surface area contributed by atoms with Crippen molar-refractivity contribution in [1.82, 2.24) is 9.88 Å². The van der Waals surface area contributed by atoms with Crippen molar-refractivity contribution in [3.05, 3.63) is 77.9 Å². The number of nitrogens with zero attached hydrogens (tertiary/aromatic N) is 1. The van der Waals surface area contributed by atoms with Crippen LogP contribution in [0.2, 0.25) is 0 Å². The zero-order valence-electron chi connectivity index (χ0n) is 19.5. The molecule has 1 N–H and O–H groups in total. The summed E-state index contributed by atoms with van der Waals surface area (Å²) in [5, 5.41) is 1.15. The van der Waals surface area contributed by atoms with Crippen molar-refractivity contribution in [2.75, 3.05) is 27.4 Å². The second-order valence-electron chi connectivity index (χ2n) is 8.48. The zero-order valence-corrected chi connectivity index (χ0v) is 19.5. The van der Waals surface area contributed by atoms with Gasteiger partial charge in [-0.25, -0.2) is 0 Å². The highest BCUT2D eigenvalue weighted by atomic mass is 16.6. The predicted octanol–water partition coefficient (Wildman–Crippen LogP) is 5.21. The average Bonchev–Trinajstić information content (AvgIpc) is 3.25. The first kappa shape index (κ1) is 21.9. The summed E-state index contributed by atoms with van der Waals surface area (Å²) in [5.41, 5.74) is 5.36. The summed E-state index contributed by atoms with van der Waals surface area (Å²) < 4.78 is 16.6. The van der Waals surface area contributed by atoms with E-state index in [4.69, 9.17) is 14.2 Å². The fraction of sp³-hybridized carbons (Fsp3) is 0.250. The van der Waals surface area contributed by atoms with E-state index in [-0.39, 0.29) is 5.91 Å². The molecule has 3 aromatic carbocycles. The van der Waals surface area contributed by atoms with E-state index in [1.165, 1.54) is 0 Å². The number of fused-ring (bicyclic) bond motifs is 2. The molecule has 0 saturated carbocycles. The standard InChI is InChI=1S/C28H28N2O4/c1-30(18-19-7-13-25-26(17-19)34-16-15-33-25)27(31)14-12-23-22-5-3-4-6-24(22)29-28(23)20-8-10-21(32-2)11-9-20/h3-11,13,17,29H,12,14-16,18H2,1-2H3. The van der Waals surface area contributed by atoms with Gasteiger partial charge in [-0.2, -0.15) is 0 Å². The molecular weight excluding hydrogens is 428 g/mol. The molecule has 0 unspecified atom stereocenters. The highest BCUT2D eigenvalue weighted by molar-refractivity contribution is 5.91. The van der Waals surface area contributed by atoms with Crippen LogP contribution < -0.4 is 14.2 Å². The van der Waals surface area contributed by atoms with Crippen LogP contribution >= 0.6 is 0 Å². The fourth-order valence-corrected chi connectivity index (χ4v) is 4.43. The van der Waals surface area contributed by atoms with Crippen molar-refractivity contribution < 1.29 is 19.0 Å². The number of nitrogens with one attached hydrogen (secondary N) is 1. The molecule has 4 aromatic rings. The Bertz CT molecular complexity index is 1310. The summed E-state index contributed by atoms with van der Waals surface area (Å²) in [7, 11) is 3.51. The smallest absolute Gasteiger partial charge is 0.222 e. The van der Waals surface area contributed by atoms with E-state index in [0.29, 0.717) is 32.6 Å². The van der Waals surface area contributed by atoms with Crippen LogP contribution in [-0.2, 0) is 17.8 Å². The van der Waals surface area contributed by atoms with Gasteiger partial charge in [0.2, 0.25) is 5.91 Å². The monoisotopic (exact) mass is 456 g/mol. The molecule has 0 saturated heterocycles. The Morgan fingerprint density at radius 2 is 1.76 bits per heavy atom. The van der Waals surface area contributed by atoms with Crippen LogP contribution in [-0.4, -0.2) is 43.2 Å². The number of carbonyl (C=O) groups excluding carboxylic acids is 1. The number of aromatic amines is 1. The lowest BCUT2D eigenvalue weighted by Gasteiger charge is -2.21. The van der Waals surface area contributed by atoms with E-state index >= 15 is 0 Å². The summed E-state index contributed by atoms with van der Waals surface area (Å²) in [6, 6.07) is 22.1. The van der Waals surface area contributed by atoms with Crippen molar-refractivity contribution in [1.29, 1.82) is 0 Å². The van der Waals surface area contributed by atoms with Gasteiger partial charge in [0.05, 0.1) is 7.11 Å². The Morgan fingerprint density at radius 1 is 1.00 bits per heavy atom. The van der Waals surface area contributed by atoms with Gasteiger partial charge in [-0.15, -0.1) is 0 Å². The van der Waals surface area contributed by atoms with Gasteiger partial charge < -0.3 is 24.1 Å². The molecule has 174 valence electrons. The van der Waals surface area contributed by atoms with E-state index in [0.717, 1.165) is 50.5 Å². The lowest BCUT2D eigenvalue weighted by Crippen LogP contribution is -2.26. The van der Waals surface area contributed by atoms with Crippen molar-refractivity contribution in [2.24, 2.45) is 0 Å². The summed E-state index contributed by atoms with van der Waals surface area (Å²) in [6.07, 6.45) is 1.07. The molecule has 2 heterocycles. The van der Waals surface area contributed by atoms with Crippen LogP contribution in [0.5, 0.6) is 17.2 Å². The van der Waals surface area contributed by atoms with Gasteiger partial charge in [-0.1, -0.05) is 24.3 Å². The molecule has 0 bridgehead atoms. The lowest BCUT2D eigenvalue weighted by molar-refractivity contribution is -0.130. The average molecular weight is 457 g/mol. The third kappa shape index (κ3) is 4.44. The number of ether oxygens (including phenoxy) is 3. The minimum absolute atomic E-state index is 0.0980. The number of carbonyl (C=O) groups is 1. The Morgan fingerprint density at radius 3 is 2.56 bits per heavy atom. The number of rotatable bonds is 7. The van der Waals surface area contributed by atoms with E-state index in [9.17, 15) is 4.79 Å². The molecule has 1 aromatic heterocycles. The van der Waals surface area contributed by atoms with Gasteiger partial charge in [0, 0.05) is 36.6 Å². The Balaban J connectivity index is 1.32. The quantitative estimate of drug-likeness (QED) is 0.415. The Labute approximate surface area is 199 Å². The third-order valence-corrected chi connectivity index (χ3v) is 6.23. The van der Waals surface area contributed by atoms with E-state index in [2.05, 4.69) is 17.1 Å². The van der Waals surface area contributed by atoms with E-state index < -0.39 is 0 Å².